The summed E-state index contributed by atoms with van der Waals surface area (Å²) in [4.78, 5) is 7.58. The van der Waals surface area contributed by atoms with Crippen LogP contribution in [0.3, 0.4) is 0 Å². The van der Waals surface area contributed by atoms with Crippen LogP contribution in [0.15, 0.2) is 242 Å². The van der Waals surface area contributed by atoms with Gasteiger partial charge >= 0.3 is 0 Å². The summed E-state index contributed by atoms with van der Waals surface area (Å²) >= 11 is 0. The van der Waals surface area contributed by atoms with Crippen molar-refractivity contribution in [2.75, 3.05) is 14.7 Å². The molecule has 0 saturated heterocycles. The van der Waals surface area contributed by atoms with Gasteiger partial charge in [-0.05, 0) is 193 Å². The standard InChI is InChI=1S/C78H67N3/c1-75(2)64-27-17-15-25-60(64)62-42-35-52(45-67(62)75)50-31-37-56(38-32-50)79(54-21-11-9-12-22-54)58-41-44-73-69(47-58)78(7,8)71-49-59(48-70-74(71)81(73)72-30-20-19-29-66(72)77(70,5)6)80(55-23-13-10-14-24-55)57-39-33-51(34-40-57)53-36-43-63-61-26-16-18-28-65(61)76(3,4)68(63)46-53/h9-33,35-39,41-49H,34,40H2,1-8H3. The summed E-state index contributed by atoms with van der Waals surface area (Å²) in [7, 11) is 0. The fraction of sp³-hybridized carbons (Fsp3) is 0.179. The Morgan fingerprint density at radius 3 is 1.35 bits per heavy atom. The molecule has 3 nitrogen and oxygen atoms in total. The van der Waals surface area contributed by atoms with Crippen LogP contribution in [0.5, 0.6) is 0 Å². The Bertz CT molecular complexity index is 4280. The van der Waals surface area contributed by atoms with Crippen molar-refractivity contribution in [2.24, 2.45) is 0 Å². The molecule has 15 rings (SSSR count). The van der Waals surface area contributed by atoms with E-state index in [4.69, 9.17) is 0 Å². The first-order chi connectivity index (χ1) is 39.2. The van der Waals surface area contributed by atoms with E-state index in [0.29, 0.717) is 0 Å². The summed E-state index contributed by atoms with van der Waals surface area (Å²) in [6.45, 7) is 19.3. The van der Waals surface area contributed by atoms with Crippen molar-refractivity contribution < 1.29 is 0 Å². The third-order valence-corrected chi connectivity index (χ3v) is 19.3. The molecule has 0 fully saturated rings. The van der Waals surface area contributed by atoms with E-state index in [-0.39, 0.29) is 16.2 Å². The zero-order valence-corrected chi connectivity index (χ0v) is 47.8. The average molecular weight is 1050 g/mol. The molecule has 3 aliphatic carbocycles. The van der Waals surface area contributed by atoms with E-state index in [1.54, 1.807) is 0 Å². The average Bonchev–Trinajstić information content (AvgIpc) is 3.94. The molecule has 81 heavy (non-hydrogen) atoms. The summed E-state index contributed by atoms with van der Waals surface area (Å²) in [6.07, 6.45) is 6.67. The molecule has 0 atom stereocenters. The quantitative estimate of drug-likeness (QED) is 0.150. The van der Waals surface area contributed by atoms with Crippen LogP contribution >= 0.6 is 0 Å². The number of fused-ring (bicyclic) bond motifs is 10. The van der Waals surface area contributed by atoms with Gasteiger partial charge in [-0.15, -0.1) is 0 Å². The second kappa shape index (κ2) is 17.8. The van der Waals surface area contributed by atoms with Gasteiger partial charge in [0.25, 0.3) is 0 Å². The lowest BCUT2D eigenvalue weighted by Gasteiger charge is -2.50. The van der Waals surface area contributed by atoms with E-state index in [9.17, 15) is 0 Å². The number of hydrogen-bond acceptors (Lipinski definition) is 3. The summed E-state index contributed by atoms with van der Waals surface area (Å²) < 4.78 is 0. The Hall–Kier alpha value is -8.92. The third-order valence-electron chi connectivity index (χ3n) is 19.3. The van der Waals surface area contributed by atoms with Crippen molar-refractivity contribution in [3.05, 3.63) is 292 Å². The lowest BCUT2D eigenvalue weighted by molar-refractivity contribution is 0.597. The van der Waals surface area contributed by atoms with Gasteiger partial charge in [-0.1, -0.05) is 201 Å². The van der Waals surface area contributed by atoms with Crippen molar-refractivity contribution in [1.82, 2.24) is 0 Å². The first-order valence-corrected chi connectivity index (χ1v) is 29.1. The van der Waals surface area contributed by atoms with Crippen LogP contribution in [-0.2, 0) is 21.7 Å². The van der Waals surface area contributed by atoms with Gasteiger partial charge < -0.3 is 14.7 Å². The maximum atomic E-state index is 2.59. The fourth-order valence-corrected chi connectivity index (χ4v) is 14.9. The van der Waals surface area contributed by atoms with Gasteiger partial charge in [0.1, 0.15) is 0 Å². The minimum absolute atomic E-state index is 0.0429. The number of hydrogen-bond donors (Lipinski definition) is 0. The van der Waals surface area contributed by atoms with Gasteiger partial charge in [0.15, 0.2) is 0 Å². The maximum Gasteiger partial charge on any atom is 0.0545 e. The summed E-state index contributed by atoms with van der Waals surface area (Å²) in [6, 6.07) is 84.6. The number of anilines is 8. The number of allylic oxidation sites excluding steroid dienone is 4. The molecule has 0 N–H and O–H groups in total. The fourth-order valence-electron chi connectivity index (χ4n) is 14.9. The maximum absolute atomic E-state index is 2.59. The molecule has 394 valence electrons. The van der Waals surface area contributed by atoms with E-state index < -0.39 is 5.41 Å². The monoisotopic (exact) mass is 1050 g/mol. The first kappa shape index (κ1) is 49.1. The van der Waals surface area contributed by atoms with Crippen molar-refractivity contribution in [3.8, 4) is 33.4 Å². The zero-order chi connectivity index (χ0) is 55.2. The van der Waals surface area contributed by atoms with Crippen molar-refractivity contribution in [1.29, 1.82) is 0 Å². The highest BCUT2D eigenvalue weighted by atomic mass is 15.2. The van der Waals surface area contributed by atoms with E-state index in [0.717, 1.165) is 29.9 Å². The Morgan fingerprint density at radius 1 is 0.296 bits per heavy atom. The number of rotatable bonds is 8. The van der Waals surface area contributed by atoms with E-state index in [1.165, 1.54) is 123 Å². The molecule has 2 aliphatic heterocycles. The zero-order valence-electron chi connectivity index (χ0n) is 47.8. The highest BCUT2D eigenvalue weighted by molar-refractivity contribution is 5.96. The molecule has 10 aromatic rings. The Labute approximate surface area is 478 Å². The summed E-state index contributed by atoms with van der Waals surface area (Å²) in [5.74, 6) is 0. The second-order valence-electron chi connectivity index (χ2n) is 25.3. The van der Waals surface area contributed by atoms with Crippen molar-refractivity contribution >= 4 is 51.1 Å². The first-order valence-electron chi connectivity index (χ1n) is 29.1. The molecule has 2 heterocycles. The molecule has 0 unspecified atom stereocenters. The largest absolute Gasteiger partial charge is 0.314 e. The summed E-state index contributed by atoms with van der Waals surface area (Å²) in [5.41, 5.74) is 31.5. The lowest BCUT2D eigenvalue weighted by atomic mass is 9.66. The third kappa shape index (κ3) is 7.33. The van der Waals surface area contributed by atoms with E-state index >= 15 is 0 Å². The van der Waals surface area contributed by atoms with Gasteiger partial charge in [-0.2, -0.15) is 0 Å². The van der Waals surface area contributed by atoms with Crippen LogP contribution in [-0.4, -0.2) is 0 Å². The molecular weight excluding hydrogens is 979 g/mol. The Kier molecular flexibility index (Phi) is 10.8. The van der Waals surface area contributed by atoms with Crippen LogP contribution < -0.4 is 14.7 Å². The molecule has 5 aliphatic rings. The predicted octanol–water partition coefficient (Wildman–Crippen LogP) is 21.1. The molecule has 0 aromatic heterocycles. The number of nitrogens with zero attached hydrogens (tertiary/aromatic N) is 3. The molecule has 0 amide bonds. The van der Waals surface area contributed by atoms with Gasteiger partial charge in [0.2, 0.25) is 0 Å². The second-order valence-corrected chi connectivity index (χ2v) is 25.3. The van der Waals surface area contributed by atoms with E-state index in [2.05, 4.69) is 307 Å². The van der Waals surface area contributed by atoms with Gasteiger partial charge in [0, 0.05) is 55.8 Å². The van der Waals surface area contributed by atoms with E-state index in [1.807, 2.05) is 0 Å². The van der Waals surface area contributed by atoms with Crippen molar-refractivity contribution in [2.45, 2.75) is 89.9 Å². The molecule has 0 saturated carbocycles. The number of benzene rings is 10. The Balaban J connectivity index is 0.841. The van der Waals surface area contributed by atoms with Crippen molar-refractivity contribution in [3.63, 3.8) is 0 Å². The van der Waals surface area contributed by atoms with Crippen LogP contribution in [0, 0.1) is 0 Å². The highest BCUT2D eigenvalue weighted by Gasteiger charge is 2.47. The topological polar surface area (TPSA) is 9.72 Å². The lowest BCUT2D eigenvalue weighted by Crippen LogP contribution is -2.38. The predicted molar refractivity (Wildman–Crippen MR) is 341 cm³/mol. The smallest absolute Gasteiger partial charge is 0.0545 e. The van der Waals surface area contributed by atoms with Crippen LogP contribution in [0.4, 0.5) is 45.5 Å². The summed E-state index contributed by atoms with van der Waals surface area (Å²) in [5, 5.41) is 0. The van der Waals surface area contributed by atoms with Crippen LogP contribution in [0.25, 0.3) is 39.0 Å². The molecule has 0 radical (unpaired) electrons. The Morgan fingerprint density at radius 2 is 0.741 bits per heavy atom. The minimum atomic E-state index is -0.394. The number of para-hydroxylation sites is 3. The van der Waals surface area contributed by atoms with Gasteiger partial charge in [-0.25, -0.2) is 0 Å². The SMILES string of the molecule is CC1(C)c2ccccc2-c2ccc(C3=CC=C(N(c4ccccc4)c4cc5c6c(c4)C(C)(C)c4cc(N(c7ccccc7)c7ccc(-c8ccc9c(c8)C(C)(C)c8ccccc8-9)cc7)ccc4N6c4ccccc4C5(C)C)CC3)cc21. The minimum Gasteiger partial charge on any atom is -0.314 e. The molecular formula is C78H67N3. The molecule has 3 heteroatoms. The molecule has 0 bridgehead atoms. The van der Waals surface area contributed by atoms with Gasteiger partial charge in [0.05, 0.1) is 17.1 Å². The molecule has 10 aromatic carbocycles. The van der Waals surface area contributed by atoms with Gasteiger partial charge in [-0.3, -0.25) is 0 Å². The van der Waals surface area contributed by atoms with Crippen LogP contribution in [0.2, 0.25) is 0 Å². The molecule has 0 spiro atoms. The highest BCUT2D eigenvalue weighted by Crippen LogP contribution is 2.62. The van der Waals surface area contributed by atoms with Crippen LogP contribution in [0.1, 0.15) is 118 Å². The normalized spacial score (nSPS) is 16.6.